The van der Waals surface area contributed by atoms with Gasteiger partial charge >= 0.3 is 0 Å². The lowest BCUT2D eigenvalue weighted by Crippen LogP contribution is -2.49. The Hall–Kier alpha value is -2.66. The maximum Gasteiger partial charge on any atom is 0.237 e. The normalized spacial score (nSPS) is 19.3. The number of benzene rings is 2. The fraction of sp³-hybridized carbons (Fsp3) is 0.333. The summed E-state index contributed by atoms with van der Waals surface area (Å²) in [6.07, 6.45) is -1.31. The molecule has 9 nitrogen and oxygen atoms in total. The number of amides is 1. The highest BCUT2D eigenvalue weighted by Gasteiger charge is 2.40. The van der Waals surface area contributed by atoms with E-state index in [1.807, 2.05) is 0 Å². The van der Waals surface area contributed by atoms with Crippen LogP contribution in [0.25, 0.3) is 10.9 Å². The third-order valence-electron chi connectivity index (χ3n) is 6.47. The Kier molecular flexibility index (Phi) is 7.85. The van der Waals surface area contributed by atoms with Gasteiger partial charge in [0.15, 0.2) is 5.78 Å². The zero-order valence-electron chi connectivity index (χ0n) is 19.9. The molecular formula is C24H27ClF2N5O4P. The number of hydrogen-bond donors (Lipinski definition) is 4. The van der Waals surface area contributed by atoms with Gasteiger partial charge in [0.2, 0.25) is 13.4 Å². The van der Waals surface area contributed by atoms with Crippen LogP contribution in [0.5, 0.6) is 0 Å². The van der Waals surface area contributed by atoms with Gasteiger partial charge in [-0.1, -0.05) is 29.8 Å². The molecule has 198 valence electrons. The third-order valence-corrected chi connectivity index (χ3v) is 7.84. The quantitative estimate of drug-likeness (QED) is 0.248. The third kappa shape index (κ3) is 5.77. The van der Waals surface area contributed by atoms with Crippen LogP contribution in [-0.2, 0) is 22.4 Å². The lowest BCUT2D eigenvalue weighted by Gasteiger charge is -2.29. The average molecular weight is 554 g/mol. The Morgan fingerprint density at radius 1 is 1.30 bits per heavy atom. The summed E-state index contributed by atoms with van der Waals surface area (Å²) in [5.41, 5.74) is 12.2. The molecule has 0 bridgehead atoms. The smallest absolute Gasteiger partial charge is 0.237 e. The molecule has 1 saturated heterocycles. The van der Waals surface area contributed by atoms with Gasteiger partial charge in [-0.05, 0) is 25.1 Å². The number of halogens is 3. The minimum atomic E-state index is -3.59. The number of carbonyl (C=O) groups is 2. The van der Waals surface area contributed by atoms with E-state index in [0.29, 0.717) is 16.5 Å². The van der Waals surface area contributed by atoms with E-state index < -0.39 is 37.6 Å². The molecule has 1 aliphatic heterocycles. The van der Waals surface area contributed by atoms with Crippen molar-refractivity contribution < 1.29 is 28.0 Å². The molecule has 2 heterocycles. The van der Waals surface area contributed by atoms with Crippen molar-refractivity contribution >= 4 is 46.9 Å². The summed E-state index contributed by atoms with van der Waals surface area (Å²) in [5, 5.41) is 14.3. The zero-order valence-corrected chi connectivity index (χ0v) is 21.6. The lowest BCUT2D eigenvalue weighted by atomic mass is 10.1. The number of alkyl halides is 1. The van der Waals surface area contributed by atoms with Gasteiger partial charge in [0.05, 0.1) is 17.6 Å². The van der Waals surface area contributed by atoms with Crippen molar-refractivity contribution in [2.45, 2.75) is 44.9 Å². The average Bonchev–Trinajstić information content (AvgIpc) is 3.40. The highest BCUT2D eigenvalue weighted by atomic mass is 35.5. The van der Waals surface area contributed by atoms with Crippen LogP contribution in [-0.4, -0.2) is 51.3 Å². The van der Waals surface area contributed by atoms with Crippen molar-refractivity contribution in [3.63, 3.8) is 0 Å². The number of aliphatic hydroxyl groups is 1. The number of nitrogens with zero attached hydrogens (tertiary/aromatic N) is 2. The van der Waals surface area contributed by atoms with Crippen molar-refractivity contribution in [1.82, 2.24) is 14.8 Å². The molecule has 1 unspecified atom stereocenters. The van der Waals surface area contributed by atoms with Crippen molar-refractivity contribution in [2.24, 2.45) is 11.0 Å². The van der Waals surface area contributed by atoms with E-state index in [4.69, 9.17) is 22.6 Å². The molecule has 6 N–H and O–H groups in total. The summed E-state index contributed by atoms with van der Waals surface area (Å²) in [4.78, 5) is 26.4. The van der Waals surface area contributed by atoms with Crippen molar-refractivity contribution in [1.29, 1.82) is 0 Å². The highest BCUT2D eigenvalue weighted by molar-refractivity contribution is 7.67. The Bertz CT molecular complexity index is 1410. The minimum absolute atomic E-state index is 0.0823. The molecule has 1 aromatic heterocycles. The second kappa shape index (κ2) is 10.6. The lowest BCUT2D eigenvalue weighted by molar-refractivity contribution is -0.130. The second-order valence-corrected chi connectivity index (χ2v) is 11.5. The van der Waals surface area contributed by atoms with Gasteiger partial charge in [0.1, 0.15) is 18.2 Å². The number of ketones is 1. The summed E-state index contributed by atoms with van der Waals surface area (Å²) >= 11 is 5.78. The first kappa shape index (κ1) is 27.4. The van der Waals surface area contributed by atoms with Crippen LogP contribution >= 0.6 is 19.0 Å². The zero-order chi connectivity index (χ0) is 27.1. The maximum atomic E-state index is 14.4. The number of likely N-dealkylation sites (tertiary alicyclic amines) is 1. The van der Waals surface area contributed by atoms with Gasteiger partial charge in [-0.25, -0.2) is 8.78 Å². The number of aliphatic hydroxyl groups excluding tert-OH is 1. The van der Waals surface area contributed by atoms with E-state index >= 15 is 0 Å². The number of nitrogens with one attached hydrogen (secondary N) is 1. The first-order valence-corrected chi connectivity index (χ1v) is 13.7. The molecule has 0 spiro atoms. The van der Waals surface area contributed by atoms with Crippen molar-refractivity contribution in [2.75, 3.05) is 6.54 Å². The second-order valence-electron chi connectivity index (χ2n) is 9.12. The summed E-state index contributed by atoms with van der Waals surface area (Å²) in [7, 11) is -3.59. The van der Waals surface area contributed by atoms with E-state index in [-0.39, 0.29) is 47.7 Å². The summed E-state index contributed by atoms with van der Waals surface area (Å²) in [5.74, 6) is -1.46. The Morgan fingerprint density at radius 3 is 2.70 bits per heavy atom. The van der Waals surface area contributed by atoms with Crippen molar-refractivity contribution in [3.8, 4) is 0 Å². The van der Waals surface area contributed by atoms with E-state index in [1.165, 1.54) is 42.3 Å². The molecule has 0 radical (unpaired) electrons. The number of aromatic nitrogens is 1. The molecule has 0 aliphatic carbocycles. The summed E-state index contributed by atoms with van der Waals surface area (Å²) in [6, 6.07) is 7.94. The predicted molar refractivity (Wildman–Crippen MR) is 137 cm³/mol. The maximum absolute atomic E-state index is 14.4. The van der Waals surface area contributed by atoms with Gasteiger partial charge in [0.25, 0.3) is 0 Å². The van der Waals surface area contributed by atoms with Crippen LogP contribution in [0.15, 0.2) is 42.6 Å². The van der Waals surface area contributed by atoms with Gasteiger partial charge < -0.3 is 15.0 Å². The molecule has 1 amide bonds. The molecule has 3 atom stereocenters. The SMILES string of the molecule is CC(=O)c1cn(CC(O)N2C[C@H](F)C[C@H]2C(=O)NCc2cccc(Cl)c2F)c2cc(P(N)(N)=O)ccc12. The summed E-state index contributed by atoms with van der Waals surface area (Å²) < 4.78 is 42.3. The molecule has 1 aliphatic rings. The topological polar surface area (TPSA) is 144 Å². The van der Waals surface area contributed by atoms with Crippen LogP contribution in [0.2, 0.25) is 5.02 Å². The molecule has 0 saturated carbocycles. The van der Waals surface area contributed by atoms with Crippen LogP contribution in [0.1, 0.15) is 29.3 Å². The van der Waals surface area contributed by atoms with E-state index in [1.54, 1.807) is 16.7 Å². The van der Waals surface area contributed by atoms with Crippen molar-refractivity contribution in [3.05, 3.63) is 64.6 Å². The summed E-state index contributed by atoms with van der Waals surface area (Å²) in [6.45, 7) is 0.896. The van der Waals surface area contributed by atoms with Crippen LogP contribution in [0.3, 0.4) is 0 Å². The Labute approximate surface area is 216 Å². The fourth-order valence-corrected chi connectivity index (χ4v) is 5.42. The highest BCUT2D eigenvalue weighted by Crippen LogP contribution is 2.30. The molecule has 2 aromatic carbocycles. The van der Waals surface area contributed by atoms with E-state index in [9.17, 15) is 28.0 Å². The van der Waals surface area contributed by atoms with Crippen LogP contribution in [0.4, 0.5) is 8.78 Å². The van der Waals surface area contributed by atoms with Crippen LogP contribution < -0.4 is 21.6 Å². The Balaban J connectivity index is 1.56. The number of Topliss-reactive ketones (excluding diaryl/α,β-unsaturated/α-hetero) is 1. The van der Waals surface area contributed by atoms with Gasteiger partial charge in [-0.3, -0.25) is 30.1 Å². The van der Waals surface area contributed by atoms with Crippen LogP contribution in [0, 0.1) is 5.82 Å². The molecule has 13 heteroatoms. The molecule has 37 heavy (non-hydrogen) atoms. The number of hydrogen-bond acceptors (Lipinski definition) is 5. The largest absolute Gasteiger partial charge is 0.376 e. The van der Waals surface area contributed by atoms with E-state index in [2.05, 4.69) is 5.32 Å². The molecule has 4 rings (SSSR count). The van der Waals surface area contributed by atoms with Gasteiger partial charge in [-0.15, -0.1) is 0 Å². The predicted octanol–water partition coefficient (Wildman–Crippen LogP) is 2.42. The monoisotopic (exact) mass is 553 g/mol. The Morgan fingerprint density at radius 2 is 2.03 bits per heavy atom. The first-order valence-electron chi connectivity index (χ1n) is 11.5. The van der Waals surface area contributed by atoms with E-state index in [0.717, 1.165) is 0 Å². The standard InChI is InChI=1S/C24H27ClF2N5O4P/c1-13(33)18-11-31(20-8-16(37(28,29)36)5-6-17(18)20)12-22(34)32-10-15(26)7-21(32)24(35)30-9-14-3-2-4-19(25)23(14)27/h2-6,8,11,15,21-22,34H,7,9-10,12H2,1H3,(H,30,35)(H4,28,29,36)/t15-,21+,22?/m1/s1. The molecular weight excluding hydrogens is 527 g/mol. The number of rotatable bonds is 8. The number of nitrogens with two attached hydrogens (primary N) is 2. The fourth-order valence-electron chi connectivity index (χ4n) is 4.59. The van der Waals surface area contributed by atoms with Gasteiger partial charge in [-0.2, -0.15) is 0 Å². The minimum Gasteiger partial charge on any atom is -0.376 e. The number of carbonyl (C=O) groups excluding carboxylic acids is 2. The molecule has 1 fully saturated rings. The van der Waals surface area contributed by atoms with Gasteiger partial charge in [0, 0.05) is 53.0 Å². The first-order chi connectivity index (χ1) is 17.4. The number of fused-ring (bicyclic) bond motifs is 1. The molecule has 3 aromatic rings.